The van der Waals surface area contributed by atoms with Crippen molar-refractivity contribution in [1.82, 2.24) is 5.16 Å². The zero-order valence-electron chi connectivity index (χ0n) is 14.3. The van der Waals surface area contributed by atoms with Gasteiger partial charge in [0.25, 0.3) is 0 Å². The van der Waals surface area contributed by atoms with Crippen LogP contribution >= 0.6 is 0 Å². The number of carboxylic acids is 1. The Balaban J connectivity index is 1.98. The Bertz CT molecular complexity index is 793. The van der Waals surface area contributed by atoms with E-state index in [2.05, 4.69) is 5.16 Å². The molecule has 1 saturated heterocycles. The Labute approximate surface area is 149 Å². The average molecular weight is 365 g/mol. The lowest BCUT2D eigenvalue weighted by molar-refractivity contribution is 0.0362. The van der Waals surface area contributed by atoms with Crippen LogP contribution < -0.4 is 15.4 Å². The zero-order chi connectivity index (χ0) is 18.7. The molecule has 1 aliphatic rings. The van der Waals surface area contributed by atoms with Crippen LogP contribution in [-0.4, -0.2) is 55.7 Å². The van der Waals surface area contributed by atoms with Crippen molar-refractivity contribution >= 4 is 11.8 Å². The third-order valence-corrected chi connectivity index (χ3v) is 4.23. The summed E-state index contributed by atoms with van der Waals surface area (Å²) >= 11 is 0. The van der Waals surface area contributed by atoms with Crippen LogP contribution in [0.4, 0.5) is 10.2 Å². The molecular weight excluding hydrogens is 345 g/mol. The fourth-order valence-corrected chi connectivity index (χ4v) is 2.96. The number of nitrogens with zero attached hydrogens (tertiary/aromatic N) is 2. The van der Waals surface area contributed by atoms with Gasteiger partial charge in [0, 0.05) is 18.7 Å². The molecule has 2 aromatic rings. The number of rotatable bonds is 6. The molecule has 9 heteroatoms. The maximum atomic E-state index is 13.6. The molecule has 1 fully saturated rings. The van der Waals surface area contributed by atoms with Crippen LogP contribution in [0.1, 0.15) is 16.8 Å². The lowest BCUT2D eigenvalue weighted by atomic mass is 10.1. The minimum absolute atomic E-state index is 0.00817. The number of hydrogen-bond donors (Lipinski definition) is 2. The second-order valence-electron chi connectivity index (χ2n) is 5.88. The maximum Gasteiger partial charge on any atom is 0.343 e. The van der Waals surface area contributed by atoms with E-state index in [0.29, 0.717) is 38.2 Å². The van der Waals surface area contributed by atoms with Crippen LogP contribution in [0, 0.1) is 5.82 Å². The summed E-state index contributed by atoms with van der Waals surface area (Å²) in [6.45, 7) is 1.87. The molecule has 0 aliphatic carbocycles. The van der Waals surface area contributed by atoms with Crippen molar-refractivity contribution < 1.29 is 28.3 Å². The van der Waals surface area contributed by atoms with Gasteiger partial charge in [-0.3, -0.25) is 0 Å². The van der Waals surface area contributed by atoms with Crippen molar-refractivity contribution in [3.05, 3.63) is 29.6 Å². The number of halogens is 1. The van der Waals surface area contributed by atoms with Gasteiger partial charge in [0.05, 0.1) is 19.8 Å². The fraction of sp³-hybridized carbons (Fsp3) is 0.412. The zero-order valence-corrected chi connectivity index (χ0v) is 14.3. The number of carboxylic acid groups (broad SMARTS) is 1. The van der Waals surface area contributed by atoms with Gasteiger partial charge in [-0.2, -0.15) is 0 Å². The Morgan fingerprint density at radius 2 is 2.35 bits per heavy atom. The Hall–Kier alpha value is -2.65. The van der Waals surface area contributed by atoms with E-state index in [1.165, 1.54) is 25.3 Å². The number of methoxy groups -OCH3 is 1. The van der Waals surface area contributed by atoms with Crippen molar-refractivity contribution in [1.29, 1.82) is 0 Å². The van der Waals surface area contributed by atoms with E-state index in [4.69, 9.17) is 19.7 Å². The summed E-state index contributed by atoms with van der Waals surface area (Å²) in [4.78, 5) is 13.7. The van der Waals surface area contributed by atoms with E-state index in [0.717, 1.165) is 0 Å². The summed E-state index contributed by atoms with van der Waals surface area (Å²) in [5.74, 6) is -1.47. The Morgan fingerprint density at radius 3 is 3.04 bits per heavy atom. The summed E-state index contributed by atoms with van der Waals surface area (Å²) in [5, 5.41) is 13.7. The van der Waals surface area contributed by atoms with Crippen LogP contribution in [0.3, 0.4) is 0 Å². The first-order chi connectivity index (χ1) is 12.5. The first kappa shape index (κ1) is 18.2. The molecule has 0 bridgehead atoms. The SMILES string of the molecule is COc1cc(-c2onc(N3CCOC(CCN)C3)c2C(=O)O)ccc1F. The second kappa shape index (κ2) is 7.71. The third kappa shape index (κ3) is 3.49. The van der Waals surface area contributed by atoms with Gasteiger partial charge in [0.1, 0.15) is 0 Å². The Morgan fingerprint density at radius 1 is 1.54 bits per heavy atom. The molecule has 8 nitrogen and oxygen atoms in total. The molecule has 1 aromatic carbocycles. The number of benzene rings is 1. The molecule has 3 rings (SSSR count). The highest BCUT2D eigenvalue weighted by molar-refractivity contribution is 5.99. The van der Waals surface area contributed by atoms with Crippen LogP contribution in [0.5, 0.6) is 5.75 Å². The molecule has 0 saturated carbocycles. The number of carbonyl (C=O) groups is 1. The Kier molecular flexibility index (Phi) is 5.38. The van der Waals surface area contributed by atoms with E-state index < -0.39 is 11.8 Å². The normalized spacial score (nSPS) is 17.3. The standard InChI is InChI=1S/C17H20FN3O5/c1-24-13-8-10(2-3-12(13)18)15-14(17(22)23)16(20-26-15)21-6-7-25-11(9-21)4-5-19/h2-3,8,11H,4-7,9,19H2,1H3,(H,22,23). The van der Waals surface area contributed by atoms with Crippen LogP contribution in [0.15, 0.2) is 22.7 Å². The van der Waals surface area contributed by atoms with Gasteiger partial charge in [-0.15, -0.1) is 0 Å². The minimum Gasteiger partial charge on any atom is -0.494 e. The predicted molar refractivity (Wildman–Crippen MR) is 91.0 cm³/mol. The number of anilines is 1. The number of aromatic carboxylic acids is 1. The largest absolute Gasteiger partial charge is 0.494 e. The average Bonchev–Trinajstić information content (AvgIpc) is 3.08. The molecule has 26 heavy (non-hydrogen) atoms. The van der Waals surface area contributed by atoms with Gasteiger partial charge in [-0.05, 0) is 31.2 Å². The van der Waals surface area contributed by atoms with Crippen molar-refractivity contribution in [3.8, 4) is 17.1 Å². The highest BCUT2D eigenvalue weighted by Crippen LogP contribution is 2.34. The van der Waals surface area contributed by atoms with E-state index in [-0.39, 0.29) is 29.0 Å². The van der Waals surface area contributed by atoms with Gasteiger partial charge < -0.3 is 29.7 Å². The third-order valence-electron chi connectivity index (χ3n) is 4.23. The summed E-state index contributed by atoms with van der Waals surface area (Å²) in [7, 11) is 1.33. The highest BCUT2D eigenvalue weighted by Gasteiger charge is 2.31. The van der Waals surface area contributed by atoms with Gasteiger partial charge in [0.2, 0.25) is 0 Å². The lowest BCUT2D eigenvalue weighted by Crippen LogP contribution is -2.44. The topological polar surface area (TPSA) is 111 Å². The van der Waals surface area contributed by atoms with Crippen LogP contribution in [-0.2, 0) is 4.74 Å². The smallest absolute Gasteiger partial charge is 0.343 e. The minimum atomic E-state index is -1.18. The monoisotopic (exact) mass is 365 g/mol. The van der Waals surface area contributed by atoms with Crippen molar-refractivity contribution in [2.45, 2.75) is 12.5 Å². The molecule has 0 amide bonds. The summed E-state index contributed by atoms with van der Waals surface area (Å²) < 4.78 is 29.5. The molecular formula is C17H20FN3O5. The number of hydrogen-bond acceptors (Lipinski definition) is 7. The molecule has 140 valence electrons. The van der Waals surface area contributed by atoms with E-state index >= 15 is 0 Å². The highest BCUT2D eigenvalue weighted by atomic mass is 19.1. The van der Waals surface area contributed by atoms with Crippen molar-refractivity contribution in [3.63, 3.8) is 0 Å². The molecule has 1 aromatic heterocycles. The maximum absolute atomic E-state index is 13.6. The number of ether oxygens (including phenoxy) is 2. The molecule has 0 radical (unpaired) electrons. The molecule has 0 spiro atoms. The van der Waals surface area contributed by atoms with Crippen LogP contribution in [0.2, 0.25) is 0 Å². The van der Waals surface area contributed by atoms with E-state index in [1.807, 2.05) is 0 Å². The summed E-state index contributed by atoms with van der Waals surface area (Å²) in [5.41, 5.74) is 5.86. The van der Waals surface area contributed by atoms with Crippen molar-refractivity contribution in [2.24, 2.45) is 5.73 Å². The van der Waals surface area contributed by atoms with E-state index in [1.54, 1.807) is 4.90 Å². The molecule has 2 heterocycles. The van der Waals surface area contributed by atoms with Gasteiger partial charge in [-0.1, -0.05) is 5.16 Å². The van der Waals surface area contributed by atoms with Gasteiger partial charge in [-0.25, -0.2) is 9.18 Å². The fourth-order valence-electron chi connectivity index (χ4n) is 2.96. The van der Waals surface area contributed by atoms with Gasteiger partial charge >= 0.3 is 5.97 Å². The van der Waals surface area contributed by atoms with E-state index in [9.17, 15) is 14.3 Å². The quantitative estimate of drug-likeness (QED) is 0.796. The summed E-state index contributed by atoms with van der Waals surface area (Å²) in [6, 6.07) is 3.99. The van der Waals surface area contributed by atoms with Crippen molar-refractivity contribution in [2.75, 3.05) is 38.3 Å². The molecule has 1 unspecified atom stereocenters. The summed E-state index contributed by atoms with van der Waals surface area (Å²) in [6.07, 6.45) is 0.570. The van der Waals surface area contributed by atoms with Gasteiger partial charge in [0.15, 0.2) is 28.7 Å². The first-order valence-corrected chi connectivity index (χ1v) is 8.18. The number of nitrogens with two attached hydrogens (primary N) is 1. The molecule has 1 atom stereocenters. The predicted octanol–water partition coefficient (Wildman–Crippen LogP) is 1.74. The van der Waals surface area contributed by atoms with Crippen LogP contribution in [0.25, 0.3) is 11.3 Å². The molecule has 3 N–H and O–H groups in total. The number of morpholine rings is 1. The molecule has 1 aliphatic heterocycles. The first-order valence-electron chi connectivity index (χ1n) is 8.18. The second-order valence-corrected chi connectivity index (χ2v) is 5.88. The lowest BCUT2D eigenvalue weighted by Gasteiger charge is -2.32. The number of aromatic nitrogens is 1.